The van der Waals surface area contributed by atoms with Crippen molar-refractivity contribution in [3.05, 3.63) is 23.8 Å². The molecule has 2 heterocycles. The van der Waals surface area contributed by atoms with Gasteiger partial charge in [-0.3, -0.25) is 0 Å². The number of hydrogen-bond acceptors (Lipinski definition) is 3. The molecular weight excluding hydrogens is 212 g/mol. The molecule has 0 amide bonds. The van der Waals surface area contributed by atoms with Crippen molar-refractivity contribution >= 4 is 17.0 Å². The van der Waals surface area contributed by atoms with Gasteiger partial charge in [0.15, 0.2) is 0 Å². The second-order valence-electron chi connectivity index (χ2n) is 4.76. The summed E-state index contributed by atoms with van der Waals surface area (Å²) in [6.07, 6.45) is 2.26. The van der Waals surface area contributed by atoms with E-state index in [1.165, 1.54) is 11.1 Å². The summed E-state index contributed by atoms with van der Waals surface area (Å²) in [6.45, 7) is 4.26. The van der Waals surface area contributed by atoms with Crippen molar-refractivity contribution in [2.24, 2.45) is 0 Å². The van der Waals surface area contributed by atoms with Crippen molar-refractivity contribution in [3.8, 4) is 0 Å². The molecule has 0 bridgehead atoms. The molecule has 0 unspecified atom stereocenters. The van der Waals surface area contributed by atoms with E-state index in [1.807, 2.05) is 12.1 Å². The molecule has 0 radical (unpaired) electrons. The first-order valence-corrected chi connectivity index (χ1v) is 6.21. The van der Waals surface area contributed by atoms with Crippen LogP contribution in [0.5, 0.6) is 0 Å². The maximum atomic E-state index is 6.08. The zero-order valence-electron chi connectivity index (χ0n) is 10.1. The Bertz CT molecular complexity index is 538. The largest absolute Gasteiger partial charge is 0.369 e. The van der Waals surface area contributed by atoms with Gasteiger partial charge in [0.2, 0.25) is 5.95 Å². The van der Waals surface area contributed by atoms with Gasteiger partial charge >= 0.3 is 0 Å². The van der Waals surface area contributed by atoms with E-state index >= 15 is 0 Å². The average Bonchev–Trinajstić information content (AvgIpc) is 2.68. The fraction of sp³-hybridized carbons (Fsp3) is 0.462. The number of aryl methyl sites for hydroxylation is 1. The van der Waals surface area contributed by atoms with Crippen LogP contribution >= 0.6 is 0 Å². The number of imidazole rings is 1. The van der Waals surface area contributed by atoms with Crippen LogP contribution in [0, 0.1) is 6.92 Å². The van der Waals surface area contributed by atoms with Crippen LogP contribution in [0.25, 0.3) is 11.0 Å². The average molecular weight is 230 g/mol. The number of nitrogens with one attached hydrogen (secondary N) is 1. The van der Waals surface area contributed by atoms with E-state index in [2.05, 4.69) is 27.9 Å². The summed E-state index contributed by atoms with van der Waals surface area (Å²) in [5.41, 5.74) is 9.56. The predicted molar refractivity (Wildman–Crippen MR) is 70.0 cm³/mol. The zero-order chi connectivity index (χ0) is 11.8. The zero-order valence-corrected chi connectivity index (χ0v) is 10.1. The van der Waals surface area contributed by atoms with Gasteiger partial charge in [-0.25, -0.2) is 4.98 Å². The van der Waals surface area contributed by atoms with Gasteiger partial charge in [0.05, 0.1) is 11.0 Å². The molecule has 3 rings (SSSR count). The quantitative estimate of drug-likeness (QED) is 0.786. The fourth-order valence-corrected chi connectivity index (χ4v) is 2.77. The number of para-hydroxylation sites is 1. The highest BCUT2D eigenvalue weighted by Gasteiger charge is 2.20. The predicted octanol–water partition coefficient (Wildman–Crippen LogP) is 1.85. The van der Waals surface area contributed by atoms with Crippen molar-refractivity contribution < 1.29 is 0 Å². The summed E-state index contributed by atoms with van der Waals surface area (Å²) in [7, 11) is 0. The van der Waals surface area contributed by atoms with Gasteiger partial charge in [-0.1, -0.05) is 12.1 Å². The number of rotatable bonds is 1. The molecule has 3 N–H and O–H groups in total. The van der Waals surface area contributed by atoms with E-state index in [9.17, 15) is 0 Å². The third-order valence-electron chi connectivity index (χ3n) is 3.61. The maximum Gasteiger partial charge on any atom is 0.201 e. The van der Waals surface area contributed by atoms with Crippen LogP contribution in [0.3, 0.4) is 0 Å². The molecule has 2 aromatic rings. The molecule has 1 fully saturated rings. The Morgan fingerprint density at radius 2 is 2.12 bits per heavy atom. The van der Waals surface area contributed by atoms with Crippen molar-refractivity contribution in [1.82, 2.24) is 14.9 Å². The van der Waals surface area contributed by atoms with Crippen molar-refractivity contribution in [2.45, 2.75) is 25.8 Å². The standard InChI is InChI=1S/C13H18N4/c1-9-3-2-4-11-12(9)17(13(14)16-11)10-5-7-15-8-6-10/h2-4,10,15H,5-8H2,1H3,(H2,14,16). The van der Waals surface area contributed by atoms with E-state index in [0.29, 0.717) is 12.0 Å². The van der Waals surface area contributed by atoms with Crippen LogP contribution in [-0.4, -0.2) is 22.6 Å². The lowest BCUT2D eigenvalue weighted by Gasteiger charge is -2.25. The van der Waals surface area contributed by atoms with Crippen molar-refractivity contribution in [2.75, 3.05) is 18.8 Å². The fourth-order valence-electron chi connectivity index (χ4n) is 2.77. The number of aromatic nitrogens is 2. The first-order valence-electron chi connectivity index (χ1n) is 6.21. The number of fused-ring (bicyclic) bond motifs is 1. The molecule has 1 aliphatic heterocycles. The van der Waals surface area contributed by atoms with E-state index in [0.717, 1.165) is 31.4 Å². The lowest BCUT2D eigenvalue weighted by atomic mass is 10.1. The molecule has 90 valence electrons. The lowest BCUT2D eigenvalue weighted by molar-refractivity contribution is 0.378. The van der Waals surface area contributed by atoms with Crippen molar-refractivity contribution in [1.29, 1.82) is 0 Å². The molecule has 4 heteroatoms. The molecule has 4 nitrogen and oxygen atoms in total. The third kappa shape index (κ3) is 1.69. The summed E-state index contributed by atoms with van der Waals surface area (Å²) in [4.78, 5) is 4.47. The molecule has 1 aliphatic rings. The van der Waals surface area contributed by atoms with Gasteiger partial charge < -0.3 is 15.6 Å². The number of nitrogens with two attached hydrogens (primary N) is 1. The first-order chi connectivity index (χ1) is 8.27. The number of nitrogen functional groups attached to an aromatic ring is 1. The molecule has 1 saturated heterocycles. The Morgan fingerprint density at radius 3 is 2.88 bits per heavy atom. The van der Waals surface area contributed by atoms with E-state index in [1.54, 1.807) is 0 Å². The number of hydrogen-bond donors (Lipinski definition) is 2. The topological polar surface area (TPSA) is 55.9 Å². The van der Waals surface area contributed by atoms with Gasteiger partial charge in [0.25, 0.3) is 0 Å². The van der Waals surface area contributed by atoms with Gasteiger partial charge in [-0.15, -0.1) is 0 Å². The minimum Gasteiger partial charge on any atom is -0.369 e. The van der Waals surface area contributed by atoms with Crippen LogP contribution in [-0.2, 0) is 0 Å². The van der Waals surface area contributed by atoms with Gasteiger partial charge in [-0.05, 0) is 44.5 Å². The highest BCUT2D eigenvalue weighted by molar-refractivity contribution is 5.81. The van der Waals surface area contributed by atoms with Crippen LogP contribution < -0.4 is 11.1 Å². The smallest absolute Gasteiger partial charge is 0.201 e. The molecule has 0 atom stereocenters. The maximum absolute atomic E-state index is 6.08. The summed E-state index contributed by atoms with van der Waals surface area (Å²) in [5, 5.41) is 3.38. The van der Waals surface area contributed by atoms with Crippen molar-refractivity contribution in [3.63, 3.8) is 0 Å². The van der Waals surface area contributed by atoms with Crippen LogP contribution in [0.15, 0.2) is 18.2 Å². The Morgan fingerprint density at radius 1 is 1.35 bits per heavy atom. The highest BCUT2D eigenvalue weighted by atomic mass is 15.2. The Labute approximate surface area is 101 Å². The molecule has 1 aromatic heterocycles. The normalized spacial score (nSPS) is 17.7. The van der Waals surface area contributed by atoms with Gasteiger partial charge in [0.1, 0.15) is 0 Å². The van der Waals surface area contributed by atoms with Gasteiger partial charge in [0, 0.05) is 6.04 Å². The summed E-state index contributed by atoms with van der Waals surface area (Å²) in [5.74, 6) is 0.654. The number of piperidine rings is 1. The Balaban J connectivity index is 2.16. The van der Waals surface area contributed by atoms with E-state index < -0.39 is 0 Å². The monoisotopic (exact) mass is 230 g/mol. The number of nitrogens with zero attached hydrogens (tertiary/aromatic N) is 2. The van der Waals surface area contributed by atoms with Crippen LogP contribution in [0.4, 0.5) is 5.95 Å². The van der Waals surface area contributed by atoms with Crippen LogP contribution in [0.2, 0.25) is 0 Å². The summed E-state index contributed by atoms with van der Waals surface area (Å²) < 4.78 is 2.23. The molecule has 17 heavy (non-hydrogen) atoms. The van der Waals surface area contributed by atoms with Gasteiger partial charge in [-0.2, -0.15) is 0 Å². The summed E-state index contributed by atoms with van der Waals surface area (Å²) >= 11 is 0. The molecule has 0 saturated carbocycles. The highest BCUT2D eigenvalue weighted by Crippen LogP contribution is 2.29. The lowest BCUT2D eigenvalue weighted by Crippen LogP contribution is -2.30. The Hall–Kier alpha value is -1.55. The van der Waals surface area contributed by atoms with E-state index in [4.69, 9.17) is 5.73 Å². The van der Waals surface area contributed by atoms with E-state index in [-0.39, 0.29) is 0 Å². The number of anilines is 1. The SMILES string of the molecule is Cc1cccc2nc(N)n(C3CCNCC3)c12. The minimum atomic E-state index is 0.488. The molecule has 0 spiro atoms. The second kappa shape index (κ2) is 4.04. The van der Waals surface area contributed by atoms with Crippen LogP contribution in [0.1, 0.15) is 24.4 Å². The minimum absolute atomic E-state index is 0.488. The first kappa shape index (κ1) is 10.6. The second-order valence-corrected chi connectivity index (χ2v) is 4.76. The number of benzene rings is 1. The summed E-state index contributed by atoms with van der Waals surface area (Å²) in [6, 6.07) is 6.69. The molecule has 0 aliphatic carbocycles. The Kier molecular flexibility index (Phi) is 2.52. The molecule has 1 aromatic carbocycles. The third-order valence-corrected chi connectivity index (χ3v) is 3.61. The molecular formula is C13H18N4.